The lowest BCUT2D eigenvalue weighted by Crippen LogP contribution is -2.20. The first kappa shape index (κ1) is 20.0. The second-order valence-electron chi connectivity index (χ2n) is 5.90. The molecule has 0 aliphatic rings. The summed E-state index contributed by atoms with van der Waals surface area (Å²) in [5.41, 5.74) is 0.903. The Kier molecular flexibility index (Phi) is 7.21. The van der Waals surface area contributed by atoms with Crippen LogP contribution in [-0.2, 0) is 20.3 Å². The summed E-state index contributed by atoms with van der Waals surface area (Å²) in [4.78, 5) is 12.3. The number of hydrogen-bond acceptors (Lipinski definition) is 5. The van der Waals surface area contributed by atoms with Crippen molar-refractivity contribution in [3.8, 4) is 11.5 Å². The summed E-state index contributed by atoms with van der Waals surface area (Å²) in [7, 11) is 3.03. The number of methoxy groups -OCH3 is 3. The van der Waals surface area contributed by atoms with Crippen LogP contribution in [0.25, 0.3) is 0 Å². The summed E-state index contributed by atoms with van der Waals surface area (Å²) in [6.45, 7) is 1.91. The summed E-state index contributed by atoms with van der Waals surface area (Å²) in [5.74, 6) is 0.616. The van der Waals surface area contributed by atoms with Crippen LogP contribution in [0.2, 0.25) is 0 Å². The normalized spacial score (nSPS) is 14.2. The number of ether oxygens (including phenoxy) is 3. The van der Waals surface area contributed by atoms with Crippen molar-refractivity contribution in [1.29, 1.82) is 0 Å². The van der Waals surface area contributed by atoms with Gasteiger partial charge in [-0.25, -0.2) is 0 Å². The van der Waals surface area contributed by atoms with Crippen molar-refractivity contribution < 1.29 is 23.2 Å². The molecule has 2 aromatic rings. The van der Waals surface area contributed by atoms with Crippen molar-refractivity contribution in [1.82, 2.24) is 0 Å². The van der Waals surface area contributed by atoms with Crippen LogP contribution in [0.3, 0.4) is 0 Å². The van der Waals surface area contributed by atoms with Crippen molar-refractivity contribution >= 4 is 16.8 Å². The van der Waals surface area contributed by atoms with Crippen LogP contribution in [0.1, 0.15) is 24.2 Å². The molecule has 26 heavy (non-hydrogen) atoms. The third-order valence-electron chi connectivity index (χ3n) is 4.18. The van der Waals surface area contributed by atoms with Gasteiger partial charge < -0.3 is 14.2 Å². The Hall–Kier alpha value is -2.34. The van der Waals surface area contributed by atoms with E-state index in [-0.39, 0.29) is 23.6 Å². The van der Waals surface area contributed by atoms with Crippen LogP contribution in [0.5, 0.6) is 11.5 Å². The molecular formula is C20H24O5S. The summed E-state index contributed by atoms with van der Waals surface area (Å²) in [6.07, 6.45) is 0.181. The van der Waals surface area contributed by atoms with Crippen LogP contribution in [0, 0.1) is 5.92 Å². The molecule has 0 aliphatic heterocycles. The van der Waals surface area contributed by atoms with E-state index in [1.807, 2.05) is 37.3 Å². The van der Waals surface area contributed by atoms with Gasteiger partial charge in [0.2, 0.25) is 0 Å². The molecular weight excluding hydrogens is 352 g/mol. The van der Waals surface area contributed by atoms with E-state index in [1.54, 1.807) is 25.3 Å². The van der Waals surface area contributed by atoms with E-state index in [1.165, 1.54) is 14.2 Å². The highest BCUT2D eigenvalue weighted by Gasteiger charge is 2.30. The lowest BCUT2D eigenvalue weighted by molar-refractivity contribution is -0.141. The molecule has 0 fully saturated rings. The summed E-state index contributed by atoms with van der Waals surface area (Å²) >= 11 is 0. The average Bonchev–Trinajstić information content (AvgIpc) is 2.68. The lowest BCUT2D eigenvalue weighted by Gasteiger charge is -2.24. The minimum absolute atomic E-state index is 0.181. The van der Waals surface area contributed by atoms with E-state index in [2.05, 4.69) is 0 Å². The maximum atomic E-state index is 13.5. The topological polar surface area (TPSA) is 61.8 Å². The van der Waals surface area contributed by atoms with Crippen molar-refractivity contribution in [2.24, 2.45) is 5.92 Å². The molecule has 0 aliphatic carbocycles. The Labute approximate surface area is 156 Å². The highest BCUT2D eigenvalue weighted by Crippen LogP contribution is 2.38. The monoisotopic (exact) mass is 376 g/mol. The van der Waals surface area contributed by atoms with Crippen molar-refractivity contribution in [2.45, 2.75) is 23.5 Å². The number of esters is 1. The first-order valence-electron chi connectivity index (χ1n) is 8.26. The number of carbonyl (C=O) groups is 1. The van der Waals surface area contributed by atoms with E-state index >= 15 is 0 Å². The zero-order valence-electron chi connectivity index (χ0n) is 15.4. The quantitative estimate of drug-likeness (QED) is 0.657. The van der Waals surface area contributed by atoms with E-state index < -0.39 is 10.8 Å². The van der Waals surface area contributed by atoms with E-state index in [4.69, 9.17) is 14.2 Å². The molecule has 0 heterocycles. The summed E-state index contributed by atoms with van der Waals surface area (Å²) in [5, 5.41) is -0.377. The lowest BCUT2D eigenvalue weighted by atomic mass is 9.97. The van der Waals surface area contributed by atoms with Gasteiger partial charge in [0.15, 0.2) is 0 Å². The van der Waals surface area contributed by atoms with Gasteiger partial charge in [0, 0.05) is 12.5 Å². The fourth-order valence-corrected chi connectivity index (χ4v) is 4.58. The van der Waals surface area contributed by atoms with Gasteiger partial charge >= 0.3 is 5.97 Å². The summed E-state index contributed by atoms with van der Waals surface area (Å²) < 4.78 is 28.9. The molecule has 3 atom stereocenters. The highest BCUT2D eigenvalue weighted by molar-refractivity contribution is 7.85. The first-order chi connectivity index (χ1) is 12.5. The van der Waals surface area contributed by atoms with Gasteiger partial charge in [-0.2, -0.15) is 0 Å². The molecule has 5 nitrogen and oxygen atoms in total. The number of rotatable bonds is 8. The second kappa shape index (κ2) is 9.38. The number of carbonyl (C=O) groups excluding carboxylic acids is 1. The minimum Gasteiger partial charge on any atom is -0.497 e. The molecule has 0 radical (unpaired) electrons. The Bertz CT molecular complexity index is 760. The maximum absolute atomic E-state index is 13.5. The van der Waals surface area contributed by atoms with Gasteiger partial charge in [0.05, 0.1) is 42.3 Å². The molecule has 0 aromatic heterocycles. The molecule has 0 bridgehead atoms. The third kappa shape index (κ3) is 4.64. The molecule has 0 amide bonds. The largest absolute Gasteiger partial charge is 0.497 e. The van der Waals surface area contributed by atoms with Gasteiger partial charge in [-0.3, -0.25) is 9.00 Å². The number of hydrogen-bond donors (Lipinski definition) is 0. The SMILES string of the molecule is COC(=O)CC(C)C(c1ccccc1)S(=O)c1ccc(OC)cc1OC. The zero-order valence-corrected chi connectivity index (χ0v) is 16.2. The van der Waals surface area contributed by atoms with Gasteiger partial charge in [-0.15, -0.1) is 0 Å². The standard InChI is InChI=1S/C20H24O5S/c1-14(12-19(21)25-4)20(15-8-6-5-7-9-15)26(22)18-11-10-16(23-2)13-17(18)24-3/h5-11,13-14,20H,12H2,1-4H3. The minimum atomic E-state index is -1.43. The summed E-state index contributed by atoms with van der Waals surface area (Å²) in [6, 6.07) is 14.8. The fraction of sp³-hybridized carbons (Fsp3) is 0.350. The van der Waals surface area contributed by atoms with Crippen molar-refractivity contribution in [2.75, 3.05) is 21.3 Å². The Morgan fingerprint density at radius 3 is 2.31 bits per heavy atom. The van der Waals surface area contributed by atoms with Crippen LogP contribution in [0.4, 0.5) is 0 Å². The van der Waals surface area contributed by atoms with Crippen molar-refractivity contribution in [3.05, 3.63) is 54.1 Å². The van der Waals surface area contributed by atoms with Crippen LogP contribution in [-0.4, -0.2) is 31.5 Å². The Morgan fingerprint density at radius 1 is 1.04 bits per heavy atom. The van der Waals surface area contributed by atoms with Gasteiger partial charge in [-0.05, 0) is 23.6 Å². The Morgan fingerprint density at radius 2 is 1.73 bits per heavy atom. The van der Waals surface area contributed by atoms with Crippen LogP contribution < -0.4 is 9.47 Å². The Balaban J connectivity index is 2.45. The number of benzene rings is 2. The van der Waals surface area contributed by atoms with E-state index in [0.29, 0.717) is 16.4 Å². The van der Waals surface area contributed by atoms with E-state index in [9.17, 15) is 9.00 Å². The highest BCUT2D eigenvalue weighted by atomic mass is 32.2. The third-order valence-corrected chi connectivity index (χ3v) is 6.15. The van der Waals surface area contributed by atoms with E-state index in [0.717, 1.165) is 5.56 Å². The maximum Gasteiger partial charge on any atom is 0.305 e. The molecule has 0 spiro atoms. The average molecular weight is 376 g/mol. The molecule has 2 rings (SSSR count). The first-order valence-corrected chi connectivity index (χ1v) is 9.47. The fourth-order valence-electron chi connectivity index (χ4n) is 2.84. The molecule has 0 N–H and O–H groups in total. The van der Waals surface area contributed by atoms with Crippen LogP contribution >= 0.6 is 0 Å². The predicted octanol–water partition coefficient (Wildman–Crippen LogP) is 3.75. The second-order valence-corrected chi connectivity index (χ2v) is 7.45. The zero-order chi connectivity index (χ0) is 19.1. The molecule has 6 heteroatoms. The van der Waals surface area contributed by atoms with Crippen molar-refractivity contribution in [3.63, 3.8) is 0 Å². The van der Waals surface area contributed by atoms with Gasteiger partial charge in [0.1, 0.15) is 11.5 Å². The molecule has 2 aromatic carbocycles. The van der Waals surface area contributed by atoms with Crippen LogP contribution in [0.15, 0.2) is 53.4 Å². The molecule has 140 valence electrons. The molecule has 0 saturated heterocycles. The smallest absolute Gasteiger partial charge is 0.305 e. The van der Waals surface area contributed by atoms with Gasteiger partial charge in [0.25, 0.3) is 0 Å². The molecule has 3 unspecified atom stereocenters. The van der Waals surface area contributed by atoms with Gasteiger partial charge in [-0.1, -0.05) is 37.3 Å². The molecule has 0 saturated carbocycles. The predicted molar refractivity (Wildman–Crippen MR) is 101 cm³/mol.